The number of amides is 2. The molecule has 2 N–H and O–H groups in total. The number of ether oxygens (including phenoxy) is 1. The van der Waals surface area contributed by atoms with E-state index in [1.807, 2.05) is 0 Å². The third-order valence-electron chi connectivity index (χ3n) is 4.33. The number of pyridine rings is 1. The number of carbonyl (C=O) groups excluding carboxylic acids is 1. The van der Waals surface area contributed by atoms with Crippen LogP contribution in [0.5, 0.6) is 5.88 Å². The number of hydrogen-bond donors (Lipinski definition) is 2. The van der Waals surface area contributed by atoms with Crippen molar-refractivity contribution in [1.82, 2.24) is 15.6 Å². The Kier molecular flexibility index (Phi) is 6.10. The molecule has 11 heteroatoms. The van der Waals surface area contributed by atoms with Gasteiger partial charge in [0.05, 0.1) is 11.5 Å². The first-order valence-electron chi connectivity index (χ1n) is 8.18. The van der Waals surface area contributed by atoms with Crippen LogP contribution in [0, 0.1) is 5.41 Å². The van der Waals surface area contributed by atoms with Crippen LogP contribution in [0.1, 0.15) is 37.8 Å². The summed E-state index contributed by atoms with van der Waals surface area (Å²) in [5.41, 5.74) is -1.26. The largest absolute Gasteiger partial charge is 0.468 e. The molecule has 0 bridgehead atoms. The van der Waals surface area contributed by atoms with E-state index in [0.717, 1.165) is 0 Å². The molecule has 0 unspecified atom stereocenters. The molecule has 1 atom stereocenters. The van der Waals surface area contributed by atoms with Crippen molar-refractivity contribution in [3.63, 3.8) is 0 Å². The number of alkyl halides is 6. The third-order valence-corrected chi connectivity index (χ3v) is 4.33. The monoisotopic (exact) mass is 399 g/mol. The van der Waals surface area contributed by atoms with Gasteiger partial charge >= 0.3 is 18.4 Å². The Morgan fingerprint density at radius 1 is 1.30 bits per heavy atom. The summed E-state index contributed by atoms with van der Waals surface area (Å²) < 4.78 is 79.5. The molecular formula is C16H19F6N3O2. The smallest absolute Gasteiger partial charge is 0.422 e. The van der Waals surface area contributed by atoms with Crippen LogP contribution in [0.3, 0.4) is 0 Å². The van der Waals surface area contributed by atoms with Gasteiger partial charge in [0.15, 0.2) is 6.61 Å². The van der Waals surface area contributed by atoms with E-state index in [1.54, 1.807) is 6.92 Å². The Bertz CT molecular complexity index is 658. The highest BCUT2D eigenvalue weighted by Gasteiger charge is 2.62. The summed E-state index contributed by atoms with van der Waals surface area (Å²) in [4.78, 5) is 15.5. The summed E-state index contributed by atoms with van der Waals surface area (Å²) in [7, 11) is 0. The molecule has 1 aliphatic carbocycles. The average Bonchev–Trinajstić information content (AvgIpc) is 3.33. The van der Waals surface area contributed by atoms with Crippen molar-refractivity contribution in [3.8, 4) is 5.88 Å². The Balaban J connectivity index is 1.80. The fraction of sp³-hybridized carbons (Fsp3) is 0.625. The van der Waals surface area contributed by atoms with Gasteiger partial charge in [0.2, 0.25) is 5.88 Å². The van der Waals surface area contributed by atoms with Crippen molar-refractivity contribution in [1.29, 1.82) is 0 Å². The third kappa shape index (κ3) is 6.17. The molecule has 1 saturated carbocycles. The van der Waals surface area contributed by atoms with Crippen molar-refractivity contribution < 1.29 is 35.9 Å². The fourth-order valence-electron chi connectivity index (χ4n) is 2.50. The van der Waals surface area contributed by atoms with E-state index in [0.29, 0.717) is 5.56 Å². The lowest BCUT2D eigenvalue weighted by atomic mass is 10.0. The van der Waals surface area contributed by atoms with Gasteiger partial charge in [0.1, 0.15) is 0 Å². The first-order chi connectivity index (χ1) is 12.4. The van der Waals surface area contributed by atoms with Crippen molar-refractivity contribution in [2.75, 3.05) is 13.2 Å². The zero-order valence-electron chi connectivity index (χ0n) is 14.4. The molecule has 1 heterocycles. The summed E-state index contributed by atoms with van der Waals surface area (Å²) in [6, 6.07) is 1.45. The van der Waals surface area contributed by atoms with E-state index in [2.05, 4.69) is 20.4 Å². The number of nitrogens with one attached hydrogen (secondary N) is 2. The predicted octanol–water partition coefficient (Wildman–Crippen LogP) is 4.12. The number of carbonyl (C=O) groups is 1. The first-order valence-corrected chi connectivity index (χ1v) is 8.18. The summed E-state index contributed by atoms with van der Waals surface area (Å²) in [5.74, 6) is -0.250. The van der Waals surface area contributed by atoms with Gasteiger partial charge in [-0.05, 0) is 37.8 Å². The Morgan fingerprint density at radius 3 is 2.52 bits per heavy atom. The van der Waals surface area contributed by atoms with E-state index < -0.39 is 36.4 Å². The highest BCUT2D eigenvalue weighted by molar-refractivity contribution is 5.74. The number of nitrogens with zero attached hydrogens (tertiary/aromatic N) is 1. The molecule has 1 fully saturated rings. The van der Waals surface area contributed by atoms with Crippen LogP contribution in [0.2, 0.25) is 0 Å². The zero-order chi connectivity index (χ0) is 20.3. The lowest BCUT2D eigenvalue weighted by Crippen LogP contribution is -2.39. The van der Waals surface area contributed by atoms with Gasteiger partial charge in [0, 0.05) is 18.8 Å². The van der Waals surface area contributed by atoms with Gasteiger partial charge in [0.25, 0.3) is 0 Å². The van der Waals surface area contributed by atoms with E-state index in [9.17, 15) is 31.1 Å². The number of urea groups is 1. The van der Waals surface area contributed by atoms with Crippen LogP contribution >= 0.6 is 0 Å². The molecule has 1 aromatic heterocycles. The minimum atomic E-state index is -4.50. The van der Waals surface area contributed by atoms with Gasteiger partial charge in [-0.1, -0.05) is 0 Å². The molecule has 2 rings (SSSR count). The summed E-state index contributed by atoms with van der Waals surface area (Å²) in [5, 5.41) is 4.87. The Hall–Kier alpha value is -2.20. The van der Waals surface area contributed by atoms with E-state index in [4.69, 9.17) is 0 Å². The standard InChI is InChI=1S/C16H19F6N3O2/c1-10(11-2-6-23-12(8-11)27-9-15(17,18)19)25-13(26)24-7-5-14(3-4-14)16(20,21)22/h2,6,8,10H,3-5,7,9H2,1H3,(H2,24,25,26)/t10-/m0/s1. The van der Waals surface area contributed by atoms with Crippen LogP contribution < -0.4 is 15.4 Å². The van der Waals surface area contributed by atoms with E-state index in [1.165, 1.54) is 18.3 Å². The first kappa shape index (κ1) is 21.1. The zero-order valence-corrected chi connectivity index (χ0v) is 14.4. The molecule has 0 aromatic carbocycles. The second-order valence-electron chi connectivity index (χ2n) is 6.48. The molecular weight excluding hydrogens is 380 g/mol. The van der Waals surface area contributed by atoms with Crippen LogP contribution in [0.25, 0.3) is 0 Å². The predicted molar refractivity (Wildman–Crippen MR) is 83.1 cm³/mol. The summed E-state index contributed by atoms with van der Waals surface area (Å²) in [6.45, 7) is -0.0540. The van der Waals surface area contributed by atoms with Crippen molar-refractivity contribution in [3.05, 3.63) is 23.9 Å². The molecule has 0 aliphatic heterocycles. The maximum atomic E-state index is 12.8. The molecule has 1 aliphatic rings. The number of aromatic nitrogens is 1. The number of rotatable bonds is 7. The van der Waals surface area contributed by atoms with Gasteiger partial charge in [-0.25, -0.2) is 9.78 Å². The Morgan fingerprint density at radius 2 is 1.96 bits per heavy atom. The summed E-state index contributed by atoms with van der Waals surface area (Å²) >= 11 is 0. The van der Waals surface area contributed by atoms with Crippen molar-refractivity contribution in [2.45, 2.75) is 44.6 Å². The number of hydrogen-bond acceptors (Lipinski definition) is 3. The molecule has 5 nitrogen and oxygen atoms in total. The van der Waals surface area contributed by atoms with E-state index in [-0.39, 0.29) is 31.7 Å². The molecule has 0 saturated heterocycles. The maximum Gasteiger partial charge on any atom is 0.422 e. The topological polar surface area (TPSA) is 63.2 Å². The second kappa shape index (κ2) is 7.81. The summed E-state index contributed by atoms with van der Waals surface area (Å²) in [6.07, 6.45) is -7.61. The molecule has 2 amide bonds. The van der Waals surface area contributed by atoms with Crippen LogP contribution in [-0.4, -0.2) is 36.5 Å². The molecule has 0 spiro atoms. The normalized spacial score (nSPS) is 17.1. The van der Waals surface area contributed by atoms with Gasteiger partial charge in [-0.3, -0.25) is 0 Å². The van der Waals surface area contributed by atoms with E-state index >= 15 is 0 Å². The minimum Gasteiger partial charge on any atom is -0.468 e. The van der Waals surface area contributed by atoms with Gasteiger partial charge in [-0.15, -0.1) is 0 Å². The fourth-order valence-corrected chi connectivity index (χ4v) is 2.50. The lowest BCUT2D eigenvalue weighted by Gasteiger charge is -2.20. The lowest BCUT2D eigenvalue weighted by molar-refractivity contribution is -0.188. The quantitative estimate of drug-likeness (QED) is 0.679. The van der Waals surface area contributed by atoms with Gasteiger partial charge in [-0.2, -0.15) is 26.3 Å². The van der Waals surface area contributed by atoms with Crippen LogP contribution in [0.15, 0.2) is 18.3 Å². The second-order valence-corrected chi connectivity index (χ2v) is 6.48. The Labute approximate surface area is 151 Å². The maximum absolute atomic E-state index is 12.8. The average molecular weight is 399 g/mol. The SMILES string of the molecule is C[C@H](NC(=O)NCCC1(C(F)(F)F)CC1)c1ccnc(OCC(F)(F)F)c1. The molecule has 27 heavy (non-hydrogen) atoms. The van der Waals surface area contributed by atoms with Crippen molar-refractivity contribution >= 4 is 6.03 Å². The number of halogens is 6. The highest BCUT2D eigenvalue weighted by atomic mass is 19.4. The molecule has 1 aromatic rings. The van der Waals surface area contributed by atoms with Gasteiger partial charge < -0.3 is 15.4 Å². The molecule has 152 valence electrons. The van der Waals surface area contributed by atoms with Crippen LogP contribution in [-0.2, 0) is 0 Å². The van der Waals surface area contributed by atoms with Crippen LogP contribution in [0.4, 0.5) is 31.1 Å². The highest BCUT2D eigenvalue weighted by Crippen LogP contribution is 2.59. The molecule has 0 radical (unpaired) electrons. The minimum absolute atomic E-state index is 0.0634. The van der Waals surface area contributed by atoms with Crippen molar-refractivity contribution in [2.24, 2.45) is 5.41 Å².